The largest absolute Gasteiger partial charge is 0.395 e. The van der Waals surface area contributed by atoms with Crippen molar-refractivity contribution in [2.75, 3.05) is 37.7 Å². The topological polar surface area (TPSA) is 56.7 Å². The Hall–Kier alpha value is -1.62. The summed E-state index contributed by atoms with van der Waals surface area (Å²) in [6.45, 7) is 4.90. The van der Waals surface area contributed by atoms with Gasteiger partial charge in [0.2, 0.25) is 0 Å². The van der Waals surface area contributed by atoms with Gasteiger partial charge in [-0.05, 0) is 38.3 Å². The predicted molar refractivity (Wildman–Crippen MR) is 79.0 cm³/mol. The van der Waals surface area contributed by atoms with Crippen LogP contribution in [0.3, 0.4) is 0 Å². The summed E-state index contributed by atoms with van der Waals surface area (Å²) < 4.78 is 0. The minimum absolute atomic E-state index is 0.0103. The molecule has 2 heterocycles. The van der Waals surface area contributed by atoms with Crippen molar-refractivity contribution >= 4 is 11.7 Å². The van der Waals surface area contributed by atoms with Crippen molar-refractivity contribution < 1.29 is 9.90 Å². The SMILES string of the molecule is CCN(CCO)C(=O)c1ccnc(N2CCCCC2)c1. The van der Waals surface area contributed by atoms with Crippen LogP contribution < -0.4 is 4.90 Å². The number of nitrogens with zero attached hydrogens (tertiary/aromatic N) is 3. The number of likely N-dealkylation sites (N-methyl/N-ethyl adjacent to an activating group) is 1. The average Bonchev–Trinajstić information content (AvgIpc) is 2.53. The summed E-state index contributed by atoms with van der Waals surface area (Å²) >= 11 is 0. The van der Waals surface area contributed by atoms with Gasteiger partial charge in [-0.1, -0.05) is 0 Å². The number of piperidine rings is 1. The first-order valence-corrected chi connectivity index (χ1v) is 7.37. The highest BCUT2D eigenvalue weighted by atomic mass is 16.3. The normalized spacial score (nSPS) is 15.2. The Balaban J connectivity index is 2.13. The van der Waals surface area contributed by atoms with Crippen LogP contribution in [0.2, 0.25) is 0 Å². The Labute approximate surface area is 120 Å². The number of carbonyl (C=O) groups is 1. The van der Waals surface area contributed by atoms with E-state index in [9.17, 15) is 4.79 Å². The maximum Gasteiger partial charge on any atom is 0.254 e. The van der Waals surface area contributed by atoms with E-state index < -0.39 is 0 Å². The third-order valence-corrected chi connectivity index (χ3v) is 3.71. The molecule has 5 heteroatoms. The van der Waals surface area contributed by atoms with Crippen LogP contribution in [0.15, 0.2) is 18.3 Å². The predicted octanol–water partition coefficient (Wildman–Crippen LogP) is 1.53. The molecule has 0 unspecified atom stereocenters. The van der Waals surface area contributed by atoms with Gasteiger partial charge in [0.15, 0.2) is 0 Å². The van der Waals surface area contributed by atoms with E-state index in [-0.39, 0.29) is 12.5 Å². The van der Waals surface area contributed by atoms with Gasteiger partial charge in [0, 0.05) is 37.9 Å². The number of hydrogen-bond donors (Lipinski definition) is 1. The van der Waals surface area contributed by atoms with Crippen LogP contribution in [0.25, 0.3) is 0 Å². The Kier molecular flexibility index (Phi) is 5.35. The summed E-state index contributed by atoms with van der Waals surface area (Å²) in [4.78, 5) is 20.6. The van der Waals surface area contributed by atoms with Gasteiger partial charge in [0.05, 0.1) is 6.61 Å². The van der Waals surface area contributed by atoms with Gasteiger partial charge in [0.1, 0.15) is 5.82 Å². The molecule has 2 rings (SSSR count). The van der Waals surface area contributed by atoms with Gasteiger partial charge in [-0.2, -0.15) is 0 Å². The standard InChI is InChI=1S/C15H23N3O2/c1-2-17(10-11-19)15(20)13-6-7-16-14(12-13)18-8-4-3-5-9-18/h6-7,12,19H,2-5,8-11H2,1H3. The van der Waals surface area contributed by atoms with Gasteiger partial charge < -0.3 is 14.9 Å². The highest BCUT2D eigenvalue weighted by Crippen LogP contribution is 2.19. The van der Waals surface area contributed by atoms with E-state index in [4.69, 9.17) is 5.11 Å². The summed E-state index contributed by atoms with van der Waals surface area (Å²) in [5.41, 5.74) is 0.649. The molecule has 1 aromatic heterocycles. The molecule has 0 spiro atoms. The summed E-state index contributed by atoms with van der Waals surface area (Å²) in [7, 11) is 0. The third kappa shape index (κ3) is 3.48. The van der Waals surface area contributed by atoms with Crippen LogP contribution in [0.5, 0.6) is 0 Å². The first-order chi connectivity index (χ1) is 9.76. The molecule has 5 nitrogen and oxygen atoms in total. The molecule has 1 amide bonds. The Morgan fingerprint density at radius 1 is 1.40 bits per heavy atom. The van der Waals surface area contributed by atoms with E-state index >= 15 is 0 Å². The fourth-order valence-electron chi connectivity index (χ4n) is 2.55. The van der Waals surface area contributed by atoms with E-state index in [2.05, 4.69) is 9.88 Å². The lowest BCUT2D eigenvalue weighted by Crippen LogP contribution is -2.34. The second-order valence-electron chi connectivity index (χ2n) is 5.06. The minimum Gasteiger partial charge on any atom is -0.395 e. The summed E-state index contributed by atoms with van der Waals surface area (Å²) in [6.07, 6.45) is 5.34. The van der Waals surface area contributed by atoms with Crippen molar-refractivity contribution in [3.05, 3.63) is 23.9 Å². The molecule has 20 heavy (non-hydrogen) atoms. The van der Waals surface area contributed by atoms with Gasteiger partial charge in [-0.3, -0.25) is 4.79 Å². The molecule has 0 aromatic carbocycles. The minimum atomic E-state index is -0.0396. The number of carbonyl (C=O) groups excluding carboxylic acids is 1. The summed E-state index contributed by atoms with van der Waals surface area (Å²) in [6, 6.07) is 3.61. The number of aliphatic hydroxyl groups excluding tert-OH is 1. The lowest BCUT2D eigenvalue weighted by molar-refractivity contribution is 0.0732. The first kappa shape index (κ1) is 14.8. The van der Waals surface area contributed by atoms with Crippen molar-refractivity contribution in [2.24, 2.45) is 0 Å². The fourth-order valence-corrected chi connectivity index (χ4v) is 2.55. The third-order valence-electron chi connectivity index (χ3n) is 3.71. The number of aromatic nitrogens is 1. The van der Waals surface area contributed by atoms with Crippen LogP contribution in [-0.2, 0) is 0 Å². The smallest absolute Gasteiger partial charge is 0.254 e. The number of pyridine rings is 1. The number of anilines is 1. The highest BCUT2D eigenvalue weighted by Gasteiger charge is 2.17. The van der Waals surface area contributed by atoms with Gasteiger partial charge >= 0.3 is 0 Å². The fraction of sp³-hybridized carbons (Fsp3) is 0.600. The second kappa shape index (κ2) is 7.24. The van der Waals surface area contributed by atoms with Crippen molar-refractivity contribution in [3.8, 4) is 0 Å². The van der Waals surface area contributed by atoms with Crippen molar-refractivity contribution in [3.63, 3.8) is 0 Å². The second-order valence-corrected chi connectivity index (χ2v) is 5.06. The number of aliphatic hydroxyl groups is 1. The molecular weight excluding hydrogens is 254 g/mol. The maximum absolute atomic E-state index is 12.4. The van der Waals surface area contributed by atoms with E-state index in [1.165, 1.54) is 19.3 Å². The van der Waals surface area contributed by atoms with E-state index in [1.54, 1.807) is 17.2 Å². The van der Waals surface area contributed by atoms with E-state index in [0.717, 1.165) is 18.9 Å². The molecule has 1 N–H and O–H groups in total. The van der Waals surface area contributed by atoms with Gasteiger partial charge in [-0.15, -0.1) is 0 Å². The molecular formula is C15H23N3O2. The van der Waals surface area contributed by atoms with E-state index in [0.29, 0.717) is 18.7 Å². The zero-order valence-corrected chi connectivity index (χ0v) is 12.1. The number of rotatable bonds is 5. The molecule has 0 bridgehead atoms. The Morgan fingerprint density at radius 2 is 2.15 bits per heavy atom. The van der Waals surface area contributed by atoms with E-state index in [1.807, 2.05) is 13.0 Å². The van der Waals surface area contributed by atoms with Crippen LogP contribution >= 0.6 is 0 Å². The van der Waals surface area contributed by atoms with Crippen LogP contribution in [0.4, 0.5) is 5.82 Å². The summed E-state index contributed by atoms with van der Waals surface area (Å²) in [5.74, 6) is 0.845. The van der Waals surface area contributed by atoms with Crippen LogP contribution in [0, 0.1) is 0 Å². The average molecular weight is 277 g/mol. The molecule has 1 aliphatic heterocycles. The zero-order valence-electron chi connectivity index (χ0n) is 12.1. The molecule has 1 aromatic rings. The lowest BCUT2D eigenvalue weighted by atomic mass is 10.1. The molecule has 110 valence electrons. The molecule has 0 aliphatic carbocycles. The Bertz CT molecular complexity index is 444. The molecule has 0 radical (unpaired) electrons. The molecule has 0 atom stereocenters. The zero-order chi connectivity index (χ0) is 14.4. The number of amides is 1. The number of hydrogen-bond acceptors (Lipinski definition) is 4. The Morgan fingerprint density at radius 3 is 2.80 bits per heavy atom. The highest BCUT2D eigenvalue weighted by molar-refractivity contribution is 5.94. The van der Waals surface area contributed by atoms with Crippen LogP contribution in [0.1, 0.15) is 36.5 Å². The quantitative estimate of drug-likeness (QED) is 0.886. The monoisotopic (exact) mass is 277 g/mol. The molecule has 0 saturated carbocycles. The van der Waals surface area contributed by atoms with Crippen molar-refractivity contribution in [1.29, 1.82) is 0 Å². The van der Waals surface area contributed by atoms with Crippen LogP contribution in [-0.4, -0.2) is 53.7 Å². The van der Waals surface area contributed by atoms with Crippen molar-refractivity contribution in [1.82, 2.24) is 9.88 Å². The van der Waals surface area contributed by atoms with Crippen molar-refractivity contribution in [2.45, 2.75) is 26.2 Å². The maximum atomic E-state index is 12.4. The lowest BCUT2D eigenvalue weighted by Gasteiger charge is -2.28. The molecule has 1 aliphatic rings. The van der Waals surface area contributed by atoms with Gasteiger partial charge in [0.25, 0.3) is 5.91 Å². The molecule has 1 fully saturated rings. The van der Waals surface area contributed by atoms with Gasteiger partial charge in [-0.25, -0.2) is 4.98 Å². The molecule has 1 saturated heterocycles. The summed E-state index contributed by atoms with van der Waals surface area (Å²) in [5, 5.41) is 9.01. The first-order valence-electron chi connectivity index (χ1n) is 7.37.